The lowest BCUT2D eigenvalue weighted by atomic mass is 10.2. The van der Waals surface area contributed by atoms with Crippen LogP contribution in [0.1, 0.15) is 27.6 Å². The van der Waals surface area contributed by atoms with Gasteiger partial charge in [0.2, 0.25) is 0 Å². The van der Waals surface area contributed by atoms with Crippen LogP contribution in [0.4, 0.5) is 5.82 Å². The van der Waals surface area contributed by atoms with Gasteiger partial charge in [-0.2, -0.15) is 0 Å². The third-order valence-electron chi connectivity index (χ3n) is 3.22. The summed E-state index contributed by atoms with van der Waals surface area (Å²) in [6, 6.07) is 12.6. The number of furan rings is 1. The Hall–Kier alpha value is -3.02. The number of hydrogen-bond donors (Lipinski definition) is 1. The Morgan fingerprint density at radius 2 is 2.04 bits per heavy atom. The summed E-state index contributed by atoms with van der Waals surface area (Å²) in [5.41, 5.74) is 1.04. The standard InChI is InChI=1S/C17H16N2O4/c1-11-5-3-4-6-14(11)21-10-13-7-8-15(22-13)17(20)18-16-9-12(2)23-19-16/h3-9H,10H2,1-2H3,(H,18,19,20). The average molecular weight is 312 g/mol. The summed E-state index contributed by atoms with van der Waals surface area (Å²) in [6.45, 7) is 3.97. The number of amides is 1. The molecule has 1 aromatic carbocycles. The fourth-order valence-electron chi connectivity index (χ4n) is 2.05. The average Bonchev–Trinajstić information content (AvgIpc) is 3.16. The lowest BCUT2D eigenvalue weighted by Gasteiger charge is -2.06. The van der Waals surface area contributed by atoms with Gasteiger partial charge < -0.3 is 19.0 Å². The molecule has 0 spiro atoms. The molecule has 118 valence electrons. The maximum Gasteiger partial charge on any atom is 0.292 e. The van der Waals surface area contributed by atoms with E-state index in [4.69, 9.17) is 13.7 Å². The van der Waals surface area contributed by atoms with Gasteiger partial charge >= 0.3 is 0 Å². The van der Waals surface area contributed by atoms with Crippen molar-refractivity contribution in [3.05, 3.63) is 65.3 Å². The van der Waals surface area contributed by atoms with Crippen LogP contribution in [0.15, 0.2) is 51.4 Å². The summed E-state index contributed by atoms with van der Waals surface area (Å²) in [5.74, 6) is 2.12. The van der Waals surface area contributed by atoms with Crippen LogP contribution in [-0.4, -0.2) is 11.1 Å². The van der Waals surface area contributed by atoms with Crippen molar-refractivity contribution in [2.45, 2.75) is 20.5 Å². The van der Waals surface area contributed by atoms with Crippen molar-refractivity contribution in [2.24, 2.45) is 0 Å². The molecule has 1 amide bonds. The number of aromatic nitrogens is 1. The molecule has 0 fully saturated rings. The Morgan fingerprint density at radius 1 is 1.22 bits per heavy atom. The van der Waals surface area contributed by atoms with Crippen molar-refractivity contribution in [1.82, 2.24) is 5.16 Å². The fraction of sp³-hybridized carbons (Fsp3) is 0.176. The van der Waals surface area contributed by atoms with Gasteiger partial charge in [0.05, 0.1) is 0 Å². The quantitative estimate of drug-likeness (QED) is 0.777. The summed E-state index contributed by atoms with van der Waals surface area (Å²) in [6.07, 6.45) is 0. The number of nitrogens with one attached hydrogen (secondary N) is 1. The second-order valence-electron chi connectivity index (χ2n) is 5.10. The smallest absolute Gasteiger partial charge is 0.292 e. The molecular weight excluding hydrogens is 296 g/mol. The van der Waals surface area contributed by atoms with Gasteiger partial charge in [0, 0.05) is 6.07 Å². The maximum absolute atomic E-state index is 12.0. The van der Waals surface area contributed by atoms with E-state index in [-0.39, 0.29) is 18.3 Å². The molecule has 0 aliphatic carbocycles. The van der Waals surface area contributed by atoms with Crippen molar-refractivity contribution in [3.63, 3.8) is 0 Å². The molecule has 2 aromatic heterocycles. The third kappa shape index (κ3) is 3.60. The first-order chi connectivity index (χ1) is 11.1. The maximum atomic E-state index is 12.0. The second kappa shape index (κ2) is 6.39. The lowest BCUT2D eigenvalue weighted by molar-refractivity contribution is 0.0991. The first kappa shape index (κ1) is 14.9. The molecule has 0 saturated heterocycles. The van der Waals surface area contributed by atoms with Crippen molar-refractivity contribution in [2.75, 3.05) is 5.32 Å². The van der Waals surface area contributed by atoms with E-state index in [0.29, 0.717) is 17.3 Å². The first-order valence-corrected chi connectivity index (χ1v) is 7.13. The third-order valence-corrected chi connectivity index (χ3v) is 3.22. The Balaban J connectivity index is 1.61. The SMILES string of the molecule is Cc1cc(NC(=O)c2ccc(COc3ccccc3C)o2)no1. The number of benzene rings is 1. The van der Waals surface area contributed by atoms with Gasteiger partial charge in [-0.05, 0) is 37.6 Å². The van der Waals surface area contributed by atoms with Crippen molar-refractivity contribution in [3.8, 4) is 5.75 Å². The minimum Gasteiger partial charge on any atom is -0.485 e. The van der Waals surface area contributed by atoms with Crippen molar-refractivity contribution < 1.29 is 18.5 Å². The fourth-order valence-corrected chi connectivity index (χ4v) is 2.05. The number of para-hydroxylation sites is 1. The van der Waals surface area contributed by atoms with Crippen LogP contribution in [0.5, 0.6) is 5.75 Å². The normalized spacial score (nSPS) is 10.5. The number of rotatable bonds is 5. The molecular formula is C17H16N2O4. The Kier molecular flexibility index (Phi) is 4.14. The number of carbonyl (C=O) groups is 1. The van der Waals surface area contributed by atoms with Crippen molar-refractivity contribution in [1.29, 1.82) is 0 Å². The summed E-state index contributed by atoms with van der Waals surface area (Å²) < 4.78 is 16.1. The number of aryl methyl sites for hydroxylation is 2. The molecule has 23 heavy (non-hydrogen) atoms. The Bertz CT molecular complexity index is 819. The zero-order chi connectivity index (χ0) is 16.2. The summed E-state index contributed by atoms with van der Waals surface area (Å²) >= 11 is 0. The highest BCUT2D eigenvalue weighted by molar-refractivity contribution is 6.01. The van der Waals surface area contributed by atoms with Gasteiger partial charge in [0.15, 0.2) is 11.6 Å². The molecule has 1 N–H and O–H groups in total. The number of carbonyl (C=O) groups excluding carboxylic acids is 1. The second-order valence-corrected chi connectivity index (χ2v) is 5.10. The van der Waals surface area contributed by atoms with Gasteiger partial charge in [-0.3, -0.25) is 4.79 Å². The highest BCUT2D eigenvalue weighted by Crippen LogP contribution is 2.19. The predicted molar refractivity (Wildman–Crippen MR) is 83.4 cm³/mol. The van der Waals surface area contributed by atoms with E-state index in [9.17, 15) is 4.79 Å². The van der Waals surface area contributed by atoms with Crippen LogP contribution in [0.3, 0.4) is 0 Å². The minimum absolute atomic E-state index is 0.189. The summed E-state index contributed by atoms with van der Waals surface area (Å²) in [5, 5.41) is 6.30. The monoisotopic (exact) mass is 312 g/mol. The molecule has 0 aliphatic heterocycles. The molecule has 0 unspecified atom stereocenters. The van der Waals surface area contributed by atoms with E-state index in [2.05, 4.69) is 10.5 Å². The van der Waals surface area contributed by atoms with E-state index in [0.717, 1.165) is 11.3 Å². The zero-order valence-corrected chi connectivity index (χ0v) is 12.8. The largest absolute Gasteiger partial charge is 0.485 e. The highest BCUT2D eigenvalue weighted by Gasteiger charge is 2.13. The van der Waals surface area contributed by atoms with Gasteiger partial charge in [-0.1, -0.05) is 23.4 Å². The number of hydrogen-bond acceptors (Lipinski definition) is 5. The molecule has 2 heterocycles. The van der Waals surface area contributed by atoms with Crippen LogP contribution in [-0.2, 0) is 6.61 Å². The van der Waals surface area contributed by atoms with Crippen LogP contribution >= 0.6 is 0 Å². The van der Waals surface area contributed by atoms with Crippen LogP contribution in [0, 0.1) is 13.8 Å². The predicted octanol–water partition coefficient (Wildman–Crippen LogP) is 3.72. The molecule has 3 aromatic rings. The number of anilines is 1. The molecule has 3 rings (SSSR count). The molecule has 0 atom stereocenters. The van der Waals surface area contributed by atoms with E-state index < -0.39 is 0 Å². The molecule has 0 radical (unpaired) electrons. The van der Waals surface area contributed by atoms with Crippen LogP contribution < -0.4 is 10.1 Å². The van der Waals surface area contributed by atoms with Crippen LogP contribution in [0.2, 0.25) is 0 Å². The zero-order valence-electron chi connectivity index (χ0n) is 12.8. The van der Waals surface area contributed by atoms with Gasteiger partial charge in [-0.25, -0.2) is 0 Å². The van der Waals surface area contributed by atoms with Crippen molar-refractivity contribution >= 4 is 11.7 Å². The Morgan fingerprint density at radius 3 is 2.78 bits per heavy atom. The lowest BCUT2D eigenvalue weighted by Crippen LogP contribution is -2.11. The number of nitrogens with zero attached hydrogens (tertiary/aromatic N) is 1. The van der Waals surface area contributed by atoms with E-state index >= 15 is 0 Å². The van der Waals surface area contributed by atoms with Gasteiger partial charge in [-0.15, -0.1) is 0 Å². The summed E-state index contributed by atoms with van der Waals surface area (Å²) in [4.78, 5) is 12.0. The first-order valence-electron chi connectivity index (χ1n) is 7.13. The molecule has 0 saturated carbocycles. The summed E-state index contributed by atoms with van der Waals surface area (Å²) in [7, 11) is 0. The molecule has 6 heteroatoms. The Labute approximate surface area is 133 Å². The van der Waals surface area contributed by atoms with E-state index in [1.54, 1.807) is 25.1 Å². The number of ether oxygens (including phenoxy) is 1. The molecule has 0 bridgehead atoms. The topological polar surface area (TPSA) is 77.5 Å². The van der Waals surface area contributed by atoms with E-state index in [1.807, 2.05) is 31.2 Å². The minimum atomic E-state index is -0.388. The molecule has 0 aliphatic rings. The van der Waals surface area contributed by atoms with E-state index in [1.165, 1.54) is 0 Å². The van der Waals surface area contributed by atoms with Gasteiger partial charge in [0.25, 0.3) is 5.91 Å². The highest BCUT2D eigenvalue weighted by atomic mass is 16.5. The van der Waals surface area contributed by atoms with Crippen LogP contribution in [0.25, 0.3) is 0 Å². The molecule has 6 nitrogen and oxygen atoms in total. The van der Waals surface area contributed by atoms with Gasteiger partial charge in [0.1, 0.15) is 23.9 Å².